The Morgan fingerprint density at radius 2 is 1.71 bits per heavy atom. The Hall–Kier alpha value is -2.91. The number of nitrogens with zero attached hydrogens (tertiary/aromatic N) is 1. The van der Waals surface area contributed by atoms with Crippen LogP contribution in [-0.4, -0.2) is 59.0 Å². The number of hydrogen-bond donors (Lipinski definition) is 2. The van der Waals surface area contributed by atoms with Crippen molar-refractivity contribution in [2.24, 2.45) is 0 Å². The molecule has 2 N–H and O–H groups in total. The molecule has 0 atom stereocenters. The number of sulfonamides is 1. The molecular weight excluding hydrogens is 418 g/mol. The molecule has 2 aromatic carbocycles. The number of rotatable bonds is 10. The fourth-order valence-corrected chi connectivity index (χ4v) is 3.93. The van der Waals surface area contributed by atoms with Crippen molar-refractivity contribution in [1.82, 2.24) is 10.2 Å². The van der Waals surface area contributed by atoms with Gasteiger partial charge < -0.3 is 15.0 Å². The van der Waals surface area contributed by atoms with Gasteiger partial charge in [-0.1, -0.05) is 6.07 Å². The van der Waals surface area contributed by atoms with Crippen molar-refractivity contribution >= 4 is 27.5 Å². The number of nitrogens with one attached hydrogen (secondary N) is 2. The quantitative estimate of drug-likeness (QED) is 0.544. The van der Waals surface area contributed by atoms with E-state index in [1.165, 1.54) is 36.2 Å². The molecule has 0 aliphatic heterocycles. The van der Waals surface area contributed by atoms with Crippen LogP contribution in [0.15, 0.2) is 47.4 Å². The second-order valence-corrected chi connectivity index (χ2v) is 8.97. The second kappa shape index (κ2) is 10.9. The molecule has 31 heavy (non-hydrogen) atoms. The van der Waals surface area contributed by atoms with Crippen LogP contribution >= 0.6 is 0 Å². The van der Waals surface area contributed by atoms with E-state index in [2.05, 4.69) is 10.0 Å². The molecule has 0 fully saturated rings. The summed E-state index contributed by atoms with van der Waals surface area (Å²) in [6.07, 6.45) is 0.694. The topological polar surface area (TPSA) is 105 Å². The summed E-state index contributed by atoms with van der Waals surface area (Å²) < 4.78 is 32.6. The van der Waals surface area contributed by atoms with Crippen LogP contribution in [0.1, 0.15) is 27.9 Å². The first-order valence-electron chi connectivity index (χ1n) is 9.85. The lowest BCUT2D eigenvalue weighted by molar-refractivity contribution is -0.121. The van der Waals surface area contributed by atoms with Gasteiger partial charge in [0.1, 0.15) is 0 Å². The third kappa shape index (κ3) is 7.08. The van der Waals surface area contributed by atoms with Crippen molar-refractivity contribution in [2.75, 3.05) is 38.6 Å². The van der Waals surface area contributed by atoms with E-state index < -0.39 is 10.0 Å². The average Bonchev–Trinajstić information content (AvgIpc) is 2.73. The van der Waals surface area contributed by atoms with E-state index >= 15 is 0 Å². The van der Waals surface area contributed by atoms with Gasteiger partial charge in [0.05, 0.1) is 11.4 Å². The van der Waals surface area contributed by atoms with Gasteiger partial charge in [0, 0.05) is 38.6 Å². The summed E-state index contributed by atoms with van der Waals surface area (Å²) in [4.78, 5) is 25.9. The summed E-state index contributed by atoms with van der Waals surface area (Å²) in [6.45, 7) is 4.72. The standard InChI is InChI=1S/C22H29N3O5S/c1-16-6-11-20(14-17(16)2)31(28,29)24-19-9-7-18(8-10-19)22(27)25(3)15-21(26)23-12-5-13-30-4/h6-11,14,24H,5,12-13,15H2,1-4H3,(H,23,26). The number of ether oxygens (including phenoxy) is 1. The lowest BCUT2D eigenvalue weighted by atomic mass is 10.1. The highest BCUT2D eigenvalue weighted by Crippen LogP contribution is 2.19. The number of carbonyl (C=O) groups excluding carboxylic acids is 2. The molecule has 8 nitrogen and oxygen atoms in total. The summed E-state index contributed by atoms with van der Waals surface area (Å²) in [5.41, 5.74) is 2.58. The number of methoxy groups -OCH3 is 1. The first-order chi connectivity index (χ1) is 14.6. The Balaban J connectivity index is 1.98. The van der Waals surface area contributed by atoms with E-state index in [9.17, 15) is 18.0 Å². The Bertz CT molecular complexity index is 1020. The van der Waals surface area contributed by atoms with Crippen LogP contribution in [0.2, 0.25) is 0 Å². The number of hydrogen-bond acceptors (Lipinski definition) is 5. The normalized spacial score (nSPS) is 11.1. The summed E-state index contributed by atoms with van der Waals surface area (Å²) in [5, 5.41) is 2.72. The largest absolute Gasteiger partial charge is 0.385 e. The number of likely N-dealkylation sites (N-methyl/N-ethyl adjacent to an activating group) is 1. The highest BCUT2D eigenvalue weighted by molar-refractivity contribution is 7.92. The molecule has 9 heteroatoms. The molecule has 0 bridgehead atoms. The molecule has 0 aliphatic carbocycles. The molecule has 0 saturated heterocycles. The number of benzene rings is 2. The van der Waals surface area contributed by atoms with Gasteiger partial charge in [-0.2, -0.15) is 0 Å². The van der Waals surface area contributed by atoms with Gasteiger partial charge >= 0.3 is 0 Å². The first kappa shape index (κ1) is 24.4. The van der Waals surface area contributed by atoms with Crippen LogP contribution in [0.4, 0.5) is 5.69 Å². The second-order valence-electron chi connectivity index (χ2n) is 7.29. The fraction of sp³-hybridized carbons (Fsp3) is 0.364. The molecule has 0 radical (unpaired) electrons. The summed E-state index contributed by atoms with van der Waals surface area (Å²) in [7, 11) is -0.612. The number of carbonyl (C=O) groups is 2. The molecule has 168 valence electrons. The molecular formula is C22H29N3O5S. The Morgan fingerprint density at radius 3 is 2.32 bits per heavy atom. The zero-order valence-corrected chi connectivity index (χ0v) is 19.1. The van der Waals surface area contributed by atoms with Crippen LogP contribution < -0.4 is 10.0 Å². The van der Waals surface area contributed by atoms with Gasteiger partial charge in [-0.3, -0.25) is 14.3 Å². The molecule has 0 saturated carbocycles. The van der Waals surface area contributed by atoms with Crippen molar-refractivity contribution in [3.63, 3.8) is 0 Å². The van der Waals surface area contributed by atoms with Gasteiger partial charge in [0.2, 0.25) is 5.91 Å². The maximum atomic E-state index is 12.6. The third-order valence-corrected chi connectivity index (χ3v) is 6.13. The number of aryl methyl sites for hydroxylation is 2. The van der Waals surface area contributed by atoms with Gasteiger partial charge in [-0.25, -0.2) is 8.42 Å². The van der Waals surface area contributed by atoms with Crippen molar-refractivity contribution < 1.29 is 22.7 Å². The Kier molecular flexibility index (Phi) is 8.58. The van der Waals surface area contributed by atoms with Gasteiger partial charge in [0.15, 0.2) is 0 Å². The monoisotopic (exact) mass is 447 g/mol. The van der Waals surface area contributed by atoms with E-state index in [1.54, 1.807) is 25.3 Å². The van der Waals surface area contributed by atoms with E-state index in [-0.39, 0.29) is 23.3 Å². The lowest BCUT2D eigenvalue weighted by Crippen LogP contribution is -2.38. The van der Waals surface area contributed by atoms with Crippen molar-refractivity contribution in [1.29, 1.82) is 0 Å². The molecule has 2 aromatic rings. The number of anilines is 1. The van der Waals surface area contributed by atoms with Crippen LogP contribution in [0, 0.1) is 13.8 Å². The van der Waals surface area contributed by atoms with Crippen LogP contribution in [0.5, 0.6) is 0 Å². The smallest absolute Gasteiger partial charge is 0.261 e. The van der Waals surface area contributed by atoms with E-state index in [1.807, 2.05) is 13.8 Å². The van der Waals surface area contributed by atoms with Gasteiger partial charge in [-0.15, -0.1) is 0 Å². The van der Waals surface area contributed by atoms with Crippen molar-refractivity contribution in [2.45, 2.75) is 25.2 Å². The minimum Gasteiger partial charge on any atom is -0.385 e. The molecule has 0 aliphatic rings. The van der Waals surface area contributed by atoms with E-state index in [0.29, 0.717) is 30.8 Å². The van der Waals surface area contributed by atoms with Crippen LogP contribution in [-0.2, 0) is 19.6 Å². The van der Waals surface area contributed by atoms with E-state index in [0.717, 1.165) is 11.1 Å². The van der Waals surface area contributed by atoms with Crippen molar-refractivity contribution in [3.8, 4) is 0 Å². The van der Waals surface area contributed by atoms with Crippen molar-refractivity contribution in [3.05, 3.63) is 59.2 Å². The summed E-state index contributed by atoms with van der Waals surface area (Å²) in [5.74, 6) is -0.597. The summed E-state index contributed by atoms with van der Waals surface area (Å²) in [6, 6.07) is 11.0. The first-order valence-corrected chi connectivity index (χ1v) is 11.3. The zero-order valence-electron chi connectivity index (χ0n) is 18.3. The predicted molar refractivity (Wildman–Crippen MR) is 120 cm³/mol. The molecule has 0 spiro atoms. The van der Waals surface area contributed by atoms with Gasteiger partial charge in [-0.05, 0) is 67.8 Å². The minimum absolute atomic E-state index is 0.0764. The maximum Gasteiger partial charge on any atom is 0.261 e. The SMILES string of the molecule is COCCCNC(=O)CN(C)C(=O)c1ccc(NS(=O)(=O)c2ccc(C)c(C)c2)cc1. The molecule has 2 amide bonds. The van der Waals surface area contributed by atoms with Crippen LogP contribution in [0.3, 0.4) is 0 Å². The van der Waals surface area contributed by atoms with Crippen LogP contribution in [0.25, 0.3) is 0 Å². The third-order valence-electron chi connectivity index (χ3n) is 4.75. The fourth-order valence-electron chi connectivity index (χ4n) is 2.78. The molecule has 0 aromatic heterocycles. The molecule has 0 unspecified atom stereocenters. The zero-order chi connectivity index (χ0) is 23.0. The average molecular weight is 448 g/mol. The Morgan fingerprint density at radius 1 is 1.03 bits per heavy atom. The predicted octanol–water partition coefficient (Wildman–Crippen LogP) is 2.33. The highest BCUT2D eigenvalue weighted by atomic mass is 32.2. The number of amides is 2. The minimum atomic E-state index is -3.74. The van der Waals surface area contributed by atoms with Gasteiger partial charge in [0.25, 0.3) is 15.9 Å². The summed E-state index contributed by atoms with van der Waals surface area (Å²) >= 11 is 0. The van der Waals surface area contributed by atoms with E-state index in [4.69, 9.17) is 4.74 Å². The molecule has 0 heterocycles. The molecule has 2 rings (SSSR count). The maximum absolute atomic E-state index is 12.6. The Labute approximate surface area is 183 Å². The highest BCUT2D eigenvalue weighted by Gasteiger charge is 2.17. The lowest BCUT2D eigenvalue weighted by Gasteiger charge is -2.17.